The molecule has 0 saturated heterocycles. The summed E-state index contributed by atoms with van der Waals surface area (Å²) in [6, 6.07) is 4.23. The summed E-state index contributed by atoms with van der Waals surface area (Å²) in [6.45, 7) is 3.54. The molecular formula is C12H11BrFN3O. The molecule has 0 fully saturated rings. The molecule has 0 bridgehead atoms. The van der Waals surface area contributed by atoms with Gasteiger partial charge in [-0.15, -0.1) is 0 Å². The maximum Gasteiger partial charge on any atom is 0.258 e. The van der Waals surface area contributed by atoms with Gasteiger partial charge in [0.2, 0.25) is 0 Å². The van der Waals surface area contributed by atoms with Gasteiger partial charge in [-0.1, -0.05) is 15.9 Å². The van der Waals surface area contributed by atoms with Crippen molar-refractivity contribution in [2.45, 2.75) is 13.8 Å². The van der Waals surface area contributed by atoms with Gasteiger partial charge in [-0.2, -0.15) is 5.10 Å². The number of aryl methyl sites for hydroxylation is 2. The third-order valence-electron chi connectivity index (χ3n) is 2.54. The average Bonchev–Trinajstić information content (AvgIpc) is 2.64. The van der Waals surface area contributed by atoms with Gasteiger partial charge in [-0.05, 0) is 32.0 Å². The first-order chi connectivity index (χ1) is 8.49. The molecule has 0 aliphatic carbocycles. The number of nitrogens with zero attached hydrogens (tertiary/aromatic N) is 1. The van der Waals surface area contributed by atoms with E-state index >= 15 is 0 Å². The largest absolute Gasteiger partial charge is 0.319 e. The van der Waals surface area contributed by atoms with Gasteiger partial charge >= 0.3 is 0 Å². The van der Waals surface area contributed by atoms with Gasteiger partial charge in [0.25, 0.3) is 5.91 Å². The molecule has 0 unspecified atom stereocenters. The van der Waals surface area contributed by atoms with E-state index in [0.29, 0.717) is 15.9 Å². The van der Waals surface area contributed by atoms with Crippen LogP contribution in [-0.4, -0.2) is 16.1 Å². The van der Waals surface area contributed by atoms with Gasteiger partial charge in [0, 0.05) is 4.47 Å². The quantitative estimate of drug-likeness (QED) is 0.895. The summed E-state index contributed by atoms with van der Waals surface area (Å²) in [5.74, 6) is -1.06. The Morgan fingerprint density at radius 2 is 2.17 bits per heavy atom. The summed E-state index contributed by atoms with van der Waals surface area (Å²) in [5.41, 5.74) is 1.97. The van der Waals surface area contributed by atoms with Gasteiger partial charge in [-0.3, -0.25) is 9.89 Å². The Hall–Kier alpha value is -1.69. The lowest BCUT2D eigenvalue weighted by Gasteiger charge is -2.06. The maximum atomic E-state index is 13.5. The number of hydrogen-bond acceptors (Lipinski definition) is 2. The molecule has 2 N–H and O–H groups in total. The molecule has 1 aromatic carbocycles. The van der Waals surface area contributed by atoms with E-state index in [1.807, 2.05) is 0 Å². The smallest absolute Gasteiger partial charge is 0.258 e. The second-order valence-corrected chi connectivity index (χ2v) is 4.80. The zero-order chi connectivity index (χ0) is 13.3. The topological polar surface area (TPSA) is 57.8 Å². The normalized spacial score (nSPS) is 10.4. The van der Waals surface area contributed by atoms with Gasteiger partial charge < -0.3 is 5.32 Å². The number of aromatic nitrogens is 2. The zero-order valence-electron chi connectivity index (χ0n) is 9.84. The van der Waals surface area contributed by atoms with E-state index in [2.05, 4.69) is 31.4 Å². The molecule has 0 atom stereocenters. The van der Waals surface area contributed by atoms with Crippen LogP contribution < -0.4 is 5.32 Å². The molecule has 0 radical (unpaired) electrons. The molecule has 2 aromatic rings. The van der Waals surface area contributed by atoms with Crippen molar-refractivity contribution in [3.05, 3.63) is 45.4 Å². The maximum absolute atomic E-state index is 13.5. The van der Waals surface area contributed by atoms with Crippen molar-refractivity contribution in [3.63, 3.8) is 0 Å². The molecule has 0 saturated carbocycles. The number of halogens is 2. The van der Waals surface area contributed by atoms with Crippen LogP contribution in [0.5, 0.6) is 0 Å². The Bertz CT molecular complexity index is 590. The predicted molar refractivity (Wildman–Crippen MR) is 70.1 cm³/mol. The van der Waals surface area contributed by atoms with Crippen molar-refractivity contribution in [2.75, 3.05) is 5.32 Å². The van der Waals surface area contributed by atoms with Crippen LogP contribution in [0.3, 0.4) is 0 Å². The highest BCUT2D eigenvalue weighted by molar-refractivity contribution is 9.10. The number of rotatable bonds is 2. The van der Waals surface area contributed by atoms with Crippen molar-refractivity contribution in [1.29, 1.82) is 0 Å². The Morgan fingerprint density at radius 3 is 2.78 bits per heavy atom. The third-order valence-corrected chi connectivity index (χ3v) is 3.03. The van der Waals surface area contributed by atoms with Gasteiger partial charge in [-0.25, -0.2) is 4.39 Å². The molecule has 1 heterocycles. The molecule has 18 heavy (non-hydrogen) atoms. The predicted octanol–water partition coefficient (Wildman–Crippen LogP) is 3.18. The third kappa shape index (κ3) is 2.43. The summed E-state index contributed by atoms with van der Waals surface area (Å²) in [4.78, 5) is 12.0. The van der Waals surface area contributed by atoms with Crippen LogP contribution in [0.15, 0.2) is 22.7 Å². The molecule has 6 heteroatoms. The molecular weight excluding hydrogens is 301 g/mol. The van der Waals surface area contributed by atoms with E-state index in [0.717, 1.165) is 5.69 Å². The number of hydrogen-bond donors (Lipinski definition) is 2. The van der Waals surface area contributed by atoms with Crippen LogP contribution >= 0.6 is 15.9 Å². The number of anilines is 1. The van der Waals surface area contributed by atoms with Crippen LogP contribution in [0.25, 0.3) is 0 Å². The SMILES string of the molecule is Cc1n[nH]c(C)c1NC(=O)c1cc(Br)ccc1F. The van der Waals surface area contributed by atoms with E-state index in [1.165, 1.54) is 12.1 Å². The summed E-state index contributed by atoms with van der Waals surface area (Å²) < 4.78 is 14.2. The van der Waals surface area contributed by atoms with Crippen molar-refractivity contribution in [3.8, 4) is 0 Å². The number of carbonyl (C=O) groups excluding carboxylic acids is 1. The standard InChI is InChI=1S/C12H11BrFN3O/c1-6-11(7(2)17-16-6)15-12(18)9-5-8(13)3-4-10(9)14/h3-5H,1-2H3,(H,15,18)(H,16,17). The fourth-order valence-corrected chi connectivity index (χ4v) is 1.95. The monoisotopic (exact) mass is 311 g/mol. The molecule has 1 aromatic heterocycles. The summed E-state index contributed by atoms with van der Waals surface area (Å²) in [7, 11) is 0. The van der Waals surface area contributed by atoms with Crippen molar-refractivity contribution < 1.29 is 9.18 Å². The first kappa shape index (κ1) is 12.8. The second-order valence-electron chi connectivity index (χ2n) is 3.89. The summed E-state index contributed by atoms with van der Waals surface area (Å²) >= 11 is 3.21. The average molecular weight is 312 g/mol. The van der Waals surface area contributed by atoms with Crippen LogP contribution in [0, 0.1) is 19.7 Å². The lowest BCUT2D eigenvalue weighted by atomic mass is 10.2. The Labute approximate surface area is 112 Å². The molecule has 2 rings (SSSR count). The number of benzene rings is 1. The van der Waals surface area contributed by atoms with Crippen molar-refractivity contribution in [2.24, 2.45) is 0 Å². The van der Waals surface area contributed by atoms with Crippen LogP contribution in [0.1, 0.15) is 21.7 Å². The first-order valence-electron chi connectivity index (χ1n) is 5.27. The van der Waals surface area contributed by atoms with E-state index < -0.39 is 11.7 Å². The number of H-pyrrole nitrogens is 1. The van der Waals surface area contributed by atoms with E-state index in [4.69, 9.17) is 0 Å². The minimum atomic E-state index is -0.561. The highest BCUT2D eigenvalue weighted by atomic mass is 79.9. The molecule has 0 aliphatic rings. The van der Waals surface area contributed by atoms with E-state index in [9.17, 15) is 9.18 Å². The minimum Gasteiger partial charge on any atom is -0.319 e. The van der Waals surface area contributed by atoms with Gasteiger partial charge in [0.1, 0.15) is 5.82 Å². The Morgan fingerprint density at radius 1 is 1.44 bits per heavy atom. The lowest BCUT2D eigenvalue weighted by molar-refractivity contribution is 0.102. The molecule has 1 amide bonds. The fourth-order valence-electron chi connectivity index (χ4n) is 1.59. The molecule has 0 aliphatic heterocycles. The Balaban J connectivity index is 2.30. The lowest BCUT2D eigenvalue weighted by Crippen LogP contribution is -2.14. The zero-order valence-corrected chi connectivity index (χ0v) is 11.4. The number of aromatic amines is 1. The van der Waals surface area contributed by atoms with E-state index in [-0.39, 0.29) is 5.56 Å². The van der Waals surface area contributed by atoms with E-state index in [1.54, 1.807) is 19.9 Å². The van der Waals surface area contributed by atoms with Gasteiger partial charge in [0.05, 0.1) is 22.6 Å². The minimum absolute atomic E-state index is 0.00984. The van der Waals surface area contributed by atoms with Gasteiger partial charge in [0.15, 0.2) is 0 Å². The fraction of sp³-hybridized carbons (Fsp3) is 0.167. The number of nitrogens with one attached hydrogen (secondary N) is 2. The first-order valence-corrected chi connectivity index (χ1v) is 6.06. The summed E-state index contributed by atoms with van der Waals surface area (Å²) in [5, 5.41) is 9.36. The number of amides is 1. The molecule has 94 valence electrons. The van der Waals surface area contributed by atoms with Crippen LogP contribution in [-0.2, 0) is 0 Å². The second kappa shape index (κ2) is 4.89. The van der Waals surface area contributed by atoms with Crippen molar-refractivity contribution in [1.82, 2.24) is 10.2 Å². The molecule has 0 spiro atoms. The highest BCUT2D eigenvalue weighted by Gasteiger charge is 2.15. The molecule has 4 nitrogen and oxygen atoms in total. The van der Waals surface area contributed by atoms with Crippen LogP contribution in [0.2, 0.25) is 0 Å². The van der Waals surface area contributed by atoms with Crippen LogP contribution in [0.4, 0.5) is 10.1 Å². The number of carbonyl (C=O) groups is 1. The van der Waals surface area contributed by atoms with Crippen molar-refractivity contribution >= 4 is 27.5 Å². The Kier molecular flexibility index (Phi) is 3.47. The highest BCUT2D eigenvalue weighted by Crippen LogP contribution is 2.20. The summed E-state index contributed by atoms with van der Waals surface area (Å²) in [6.07, 6.45) is 0.